The molecular formula is C21H21F7N2O4. The summed E-state index contributed by atoms with van der Waals surface area (Å²) in [6, 6.07) is 4.34. The van der Waals surface area contributed by atoms with E-state index in [1.807, 2.05) is 0 Å². The number of nitrogens with zero attached hydrogens (tertiary/aromatic N) is 2. The lowest BCUT2D eigenvalue weighted by Gasteiger charge is -2.35. The molecule has 34 heavy (non-hydrogen) atoms. The predicted octanol–water partition coefficient (Wildman–Crippen LogP) is 4.04. The van der Waals surface area contributed by atoms with Crippen LogP contribution >= 0.6 is 0 Å². The average Bonchev–Trinajstić information content (AvgIpc) is 2.71. The molecule has 0 bridgehead atoms. The molecule has 2 rings (SSSR count). The lowest BCUT2D eigenvalue weighted by atomic mass is 9.94. The first-order valence-corrected chi connectivity index (χ1v) is 9.87. The number of aliphatic carboxylic acids is 1. The Bertz CT molecular complexity index is 958. The molecule has 1 amide bonds. The van der Waals surface area contributed by atoms with Crippen LogP contribution in [0, 0.1) is 23.1 Å². The first-order valence-electron chi connectivity index (χ1n) is 9.87. The molecule has 0 aromatic heterocycles. The zero-order valence-electron chi connectivity index (χ0n) is 18.1. The maximum absolute atomic E-state index is 14.8. The van der Waals surface area contributed by atoms with E-state index >= 15 is 0 Å². The Hall–Kier alpha value is -3.01. The zero-order chi connectivity index (χ0) is 25.9. The molecule has 1 aromatic rings. The predicted molar refractivity (Wildman–Crippen MR) is 104 cm³/mol. The Morgan fingerprint density at radius 3 is 2.12 bits per heavy atom. The first-order chi connectivity index (χ1) is 15.5. The number of benzene rings is 1. The minimum Gasteiger partial charge on any atom is -0.480 e. The van der Waals surface area contributed by atoms with Gasteiger partial charge < -0.3 is 14.7 Å². The number of alkyl halides is 6. The second-order valence-electron chi connectivity index (χ2n) is 8.07. The number of carboxylic acid groups (broad SMARTS) is 1. The van der Waals surface area contributed by atoms with Crippen molar-refractivity contribution in [2.75, 3.05) is 26.2 Å². The molecule has 1 saturated heterocycles. The van der Waals surface area contributed by atoms with Crippen LogP contribution in [-0.2, 0) is 16.1 Å². The van der Waals surface area contributed by atoms with E-state index in [4.69, 9.17) is 5.11 Å². The lowest BCUT2D eigenvalue weighted by molar-refractivity contribution is -0.308. The molecule has 1 N–H and O–H groups in total. The van der Waals surface area contributed by atoms with E-state index in [1.54, 1.807) is 4.90 Å². The Morgan fingerprint density at radius 1 is 1.06 bits per heavy atom. The van der Waals surface area contributed by atoms with Gasteiger partial charge in [-0.1, -0.05) is 24.0 Å². The lowest BCUT2D eigenvalue weighted by Crippen LogP contribution is -2.52. The van der Waals surface area contributed by atoms with Crippen molar-refractivity contribution in [3.63, 3.8) is 0 Å². The van der Waals surface area contributed by atoms with E-state index in [0.717, 1.165) is 0 Å². The van der Waals surface area contributed by atoms with E-state index in [1.165, 1.54) is 32.0 Å². The Kier molecular flexibility index (Phi) is 8.08. The molecule has 1 fully saturated rings. The Morgan fingerprint density at radius 2 is 1.62 bits per heavy atom. The summed E-state index contributed by atoms with van der Waals surface area (Å²) >= 11 is 0. The van der Waals surface area contributed by atoms with E-state index in [-0.39, 0.29) is 43.9 Å². The second kappa shape index (κ2) is 10.1. The van der Waals surface area contributed by atoms with Gasteiger partial charge in [-0.05, 0) is 19.9 Å². The van der Waals surface area contributed by atoms with Gasteiger partial charge in [-0.2, -0.15) is 26.3 Å². The summed E-state index contributed by atoms with van der Waals surface area (Å²) in [4.78, 5) is 25.3. The highest BCUT2D eigenvalue weighted by atomic mass is 19.4. The number of amides is 1. The van der Waals surface area contributed by atoms with Crippen molar-refractivity contribution < 1.29 is 50.2 Å². The quantitative estimate of drug-likeness (QED) is 0.502. The number of rotatable bonds is 4. The van der Waals surface area contributed by atoms with Gasteiger partial charge in [0.15, 0.2) is 0 Å². The molecule has 1 heterocycles. The second-order valence-corrected chi connectivity index (χ2v) is 8.07. The van der Waals surface area contributed by atoms with Gasteiger partial charge in [0, 0.05) is 38.3 Å². The van der Waals surface area contributed by atoms with Crippen molar-refractivity contribution in [3.05, 3.63) is 35.1 Å². The van der Waals surface area contributed by atoms with Crippen LogP contribution < -0.4 is 0 Å². The Labute approximate surface area is 190 Å². The van der Waals surface area contributed by atoms with E-state index in [0.29, 0.717) is 4.90 Å². The third-order valence-corrected chi connectivity index (χ3v) is 4.96. The molecule has 0 aliphatic carbocycles. The van der Waals surface area contributed by atoms with Crippen LogP contribution in [0.5, 0.6) is 0 Å². The third-order valence-electron chi connectivity index (χ3n) is 4.96. The van der Waals surface area contributed by atoms with Gasteiger partial charge in [-0.3, -0.25) is 9.69 Å². The molecule has 0 unspecified atom stereocenters. The number of carboxylic acids is 1. The summed E-state index contributed by atoms with van der Waals surface area (Å²) in [5.41, 5.74) is -1.23. The van der Waals surface area contributed by atoms with Crippen molar-refractivity contribution in [1.29, 1.82) is 0 Å². The minimum atomic E-state index is -5.80. The largest absolute Gasteiger partial charge is 0.480 e. The van der Waals surface area contributed by atoms with Gasteiger partial charge in [0.25, 0.3) is 6.10 Å². The summed E-state index contributed by atoms with van der Waals surface area (Å²) in [5, 5.41) is 9.10. The molecule has 0 atom stereocenters. The zero-order valence-corrected chi connectivity index (χ0v) is 18.1. The molecule has 0 spiro atoms. The van der Waals surface area contributed by atoms with Crippen LogP contribution in [0.4, 0.5) is 35.5 Å². The van der Waals surface area contributed by atoms with Crippen LogP contribution in [0.1, 0.15) is 25.0 Å². The summed E-state index contributed by atoms with van der Waals surface area (Å²) < 4.78 is 94.0. The highest BCUT2D eigenvalue weighted by Gasteiger charge is 2.60. The van der Waals surface area contributed by atoms with Crippen molar-refractivity contribution in [1.82, 2.24) is 9.80 Å². The molecule has 1 aromatic carbocycles. The van der Waals surface area contributed by atoms with Gasteiger partial charge in [0.2, 0.25) is 0 Å². The van der Waals surface area contributed by atoms with Crippen molar-refractivity contribution in [2.24, 2.45) is 5.41 Å². The van der Waals surface area contributed by atoms with Gasteiger partial charge in [-0.15, -0.1) is 0 Å². The molecular weight excluding hydrogens is 477 g/mol. The SMILES string of the molecule is CC(C)(C#Cc1cccc(CN2CCN(C(=O)OC(C(F)(F)F)C(F)(F)F)CC2)c1F)C(=O)O. The van der Waals surface area contributed by atoms with E-state index < -0.39 is 41.8 Å². The first kappa shape index (κ1) is 27.2. The van der Waals surface area contributed by atoms with Crippen LogP contribution in [-0.4, -0.2) is 71.6 Å². The number of hydrogen-bond acceptors (Lipinski definition) is 4. The summed E-state index contributed by atoms with van der Waals surface area (Å²) in [6.07, 6.45) is -17.6. The van der Waals surface area contributed by atoms with Gasteiger partial charge >= 0.3 is 24.4 Å². The smallest absolute Gasteiger partial charge is 0.434 e. The third kappa shape index (κ3) is 6.99. The monoisotopic (exact) mass is 498 g/mol. The number of carbonyl (C=O) groups excluding carboxylic acids is 1. The van der Waals surface area contributed by atoms with Crippen molar-refractivity contribution in [2.45, 2.75) is 38.8 Å². The van der Waals surface area contributed by atoms with Crippen LogP contribution in [0.3, 0.4) is 0 Å². The fourth-order valence-electron chi connectivity index (χ4n) is 2.90. The molecule has 0 saturated carbocycles. The highest BCUT2D eigenvalue weighted by molar-refractivity contribution is 5.77. The van der Waals surface area contributed by atoms with E-state index in [9.17, 15) is 40.3 Å². The van der Waals surface area contributed by atoms with Crippen LogP contribution in [0.25, 0.3) is 0 Å². The number of ether oxygens (including phenoxy) is 1. The maximum atomic E-state index is 14.8. The fraction of sp³-hybridized carbons (Fsp3) is 0.524. The average molecular weight is 498 g/mol. The molecule has 13 heteroatoms. The maximum Gasteiger partial charge on any atom is 0.434 e. The number of hydrogen-bond donors (Lipinski definition) is 1. The van der Waals surface area contributed by atoms with Crippen molar-refractivity contribution >= 4 is 12.1 Å². The molecule has 1 aliphatic rings. The summed E-state index contributed by atoms with van der Waals surface area (Å²) in [7, 11) is 0. The normalized spacial score (nSPS) is 15.6. The molecule has 0 radical (unpaired) electrons. The summed E-state index contributed by atoms with van der Waals surface area (Å²) in [5.74, 6) is 3.12. The fourth-order valence-corrected chi connectivity index (χ4v) is 2.90. The molecule has 188 valence electrons. The number of piperazine rings is 1. The van der Waals surface area contributed by atoms with Gasteiger partial charge in [0.1, 0.15) is 11.2 Å². The van der Waals surface area contributed by atoms with Crippen LogP contribution in [0.2, 0.25) is 0 Å². The minimum absolute atomic E-state index is 0.0281. The van der Waals surface area contributed by atoms with E-state index in [2.05, 4.69) is 16.6 Å². The van der Waals surface area contributed by atoms with Crippen LogP contribution in [0.15, 0.2) is 18.2 Å². The molecule has 6 nitrogen and oxygen atoms in total. The molecule has 1 aliphatic heterocycles. The Balaban J connectivity index is 2.02. The topological polar surface area (TPSA) is 70.1 Å². The number of halogens is 7. The summed E-state index contributed by atoms with van der Waals surface area (Å²) in [6.45, 7) is 2.38. The number of carbonyl (C=O) groups is 2. The van der Waals surface area contributed by atoms with Gasteiger partial charge in [0.05, 0.1) is 5.56 Å². The highest BCUT2D eigenvalue weighted by Crippen LogP contribution is 2.36. The van der Waals surface area contributed by atoms with Gasteiger partial charge in [-0.25, -0.2) is 9.18 Å². The standard InChI is InChI=1S/C21H21F7N2O4/c1-19(2,17(31)32)7-6-13-4-3-5-14(15(13)22)12-29-8-10-30(11-9-29)18(33)34-16(20(23,24)25)21(26,27)28/h3-5,16H,8-12H2,1-2H3,(H,31,32). The van der Waals surface area contributed by atoms with Crippen molar-refractivity contribution in [3.8, 4) is 11.8 Å².